The third-order valence-corrected chi connectivity index (χ3v) is 10.3. The van der Waals surface area contributed by atoms with Crippen LogP contribution in [0.3, 0.4) is 0 Å². The molecule has 7 nitrogen and oxygen atoms in total. The number of nitrogens with zero attached hydrogens (tertiary/aromatic N) is 3. The van der Waals surface area contributed by atoms with E-state index in [0.29, 0.717) is 48.7 Å². The average Bonchev–Trinajstić information content (AvgIpc) is 3.38. The molecule has 2 fully saturated rings. The first-order valence-electron chi connectivity index (χ1n) is 16.2. The third kappa shape index (κ3) is 10.8. The lowest BCUT2D eigenvalue weighted by molar-refractivity contribution is -0.130. The van der Waals surface area contributed by atoms with Crippen LogP contribution in [0.2, 0.25) is 5.02 Å². The molecule has 0 radical (unpaired) electrons. The van der Waals surface area contributed by atoms with Crippen LogP contribution in [0.4, 0.5) is 0 Å². The maximum Gasteiger partial charge on any atom is 0.224 e. The molecule has 0 bridgehead atoms. The largest absolute Gasteiger partial charge is 0.353 e. The number of benzene rings is 1. The van der Waals surface area contributed by atoms with Crippen molar-refractivity contribution < 1.29 is 14.4 Å². The van der Waals surface area contributed by atoms with Gasteiger partial charge in [-0.2, -0.15) is 0 Å². The topological polar surface area (TPSA) is 82.6 Å². The molecule has 43 heavy (non-hydrogen) atoms. The van der Waals surface area contributed by atoms with Crippen molar-refractivity contribution >= 4 is 50.6 Å². The number of hydrogen-bond acceptors (Lipinski definition) is 7. The standard InChI is InChI=1S/C34H49ClN4O3S/c1-4-8-29(40)20-26(21-33-37-30-13-11-27(35)22-32(30)43-33)34(42)36-28(19-25-9-6-5-7-10-25)12-14-31(41)24(2)23-39-17-15-38(3)16-18-39/h11,13,22,25-26,28H,2,4-10,12,14-21,23H2,1,3H3,(H,36,42)/t26-,28+/m0/s1. The monoisotopic (exact) mass is 628 g/mol. The number of carbonyl (C=O) groups is 3. The summed E-state index contributed by atoms with van der Waals surface area (Å²) < 4.78 is 0.979. The van der Waals surface area contributed by atoms with Crippen LogP contribution in [0.15, 0.2) is 30.4 Å². The summed E-state index contributed by atoms with van der Waals surface area (Å²) in [4.78, 5) is 49.1. The molecule has 1 aromatic heterocycles. The Morgan fingerprint density at radius 2 is 1.86 bits per heavy atom. The van der Waals surface area contributed by atoms with Gasteiger partial charge in [0.05, 0.1) is 21.1 Å². The van der Waals surface area contributed by atoms with E-state index < -0.39 is 5.92 Å². The second-order valence-corrected chi connectivity index (χ2v) is 14.3. The molecule has 1 aliphatic carbocycles. The van der Waals surface area contributed by atoms with Crippen molar-refractivity contribution in [2.75, 3.05) is 39.8 Å². The van der Waals surface area contributed by atoms with Gasteiger partial charge in [0.2, 0.25) is 5.91 Å². The predicted octanol–water partition coefficient (Wildman–Crippen LogP) is 6.48. The first kappa shape index (κ1) is 33.8. The van der Waals surface area contributed by atoms with E-state index in [-0.39, 0.29) is 29.9 Å². The average molecular weight is 629 g/mol. The van der Waals surface area contributed by atoms with Gasteiger partial charge in [-0.1, -0.05) is 57.2 Å². The molecule has 1 aromatic carbocycles. The number of rotatable bonds is 16. The Bertz CT molecular complexity index is 1250. The molecule has 1 aliphatic heterocycles. The minimum absolute atomic E-state index is 0.0876. The number of piperazine rings is 1. The zero-order chi connectivity index (χ0) is 30.8. The van der Waals surface area contributed by atoms with Gasteiger partial charge >= 0.3 is 0 Å². The van der Waals surface area contributed by atoms with Crippen LogP contribution in [-0.2, 0) is 20.8 Å². The summed E-state index contributed by atoms with van der Waals surface area (Å²) in [5, 5.41) is 4.81. The fourth-order valence-electron chi connectivity index (χ4n) is 6.40. The molecule has 0 unspecified atom stereocenters. The molecular weight excluding hydrogens is 580 g/mol. The second-order valence-electron chi connectivity index (χ2n) is 12.7. The van der Waals surface area contributed by atoms with E-state index >= 15 is 0 Å². The number of halogens is 1. The minimum Gasteiger partial charge on any atom is -0.353 e. The number of ketones is 2. The maximum atomic E-state index is 13.9. The number of amides is 1. The highest BCUT2D eigenvalue weighted by Crippen LogP contribution is 2.30. The van der Waals surface area contributed by atoms with Crippen molar-refractivity contribution in [3.05, 3.63) is 40.4 Å². The number of Topliss-reactive ketones (excluding diaryl/α,β-unsaturated/α-hetero) is 2. The molecule has 2 aromatic rings. The zero-order valence-electron chi connectivity index (χ0n) is 26.0. The van der Waals surface area contributed by atoms with Crippen LogP contribution < -0.4 is 5.32 Å². The molecule has 1 amide bonds. The first-order chi connectivity index (χ1) is 20.7. The highest BCUT2D eigenvalue weighted by Gasteiger charge is 2.28. The summed E-state index contributed by atoms with van der Waals surface area (Å²) in [5.41, 5.74) is 1.51. The fraction of sp³-hybridized carbons (Fsp3) is 0.647. The summed E-state index contributed by atoms with van der Waals surface area (Å²) in [6.07, 6.45) is 9.75. The van der Waals surface area contributed by atoms with Gasteiger partial charge in [0.25, 0.3) is 0 Å². The summed E-state index contributed by atoms with van der Waals surface area (Å²) >= 11 is 7.72. The van der Waals surface area contributed by atoms with Crippen molar-refractivity contribution in [3.8, 4) is 0 Å². The molecule has 2 aliphatic rings. The lowest BCUT2D eigenvalue weighted by atomic mass is 9.83. The quantitative estimate of drug-likeness (QED) is 0.214. The van der Waals surface area contributed by atoms with Gasteiger partial charge in [0.1, 0.15) is 5.78 Å². The van der Waals surface area contributed by atoms with Crippen LogP contribution in [-0.4, -0.2) is 78.1 Å². The van der Waals surface area contributed by atoms with E-state index in [1.54, 1.807) is 0 Å². The van der Waals surface area contributed by atoms with Gasteiger partial charge in [-0.15, -0.1) is 11.3 Å². The lowest BCUT2D eigenvalue weighted by Crippen LogP contribution is -2.45. The van der Waals surface area contributed by atoms with Gasteiger partial charge in [-0.3, -0.25) is 19.3 Å². The highest BCUT2D eigenvalue weighted by molar-refractivity contribution is 7.18. The van der Waals surface area contributed by atoms with E-state index in [0.717, 1.165) is 54.2 Å². The molecule has 2 heterocycles. The van der Waals surface area contributed by atoms with Crippen LogP contribution >= 0.6 is 22.9 Å². The van der Waals surface area contributed by atoms with E-state index in [9.17, 15) is 14.4 Å². The van der Waals surface area contributed by atoms with Gasteiger partial charge in [0.15, 0.2) is 5.78 Å². The van der Waals surface area contributed by atoms with Gasteiger partial charge < -0.3 is 10.2 Å². The molecule has 2 atom stereocenters. The van der Waals surface area contributed by atoms with Crippen molar-refractivity contribution in [1.29, 1.82) is 0 Å². The van der Waals surface area contributed by atoms with E-state index in [4.69, 9.17) is 16.6 Å². The molecule has 1 saturated heterocycles. The van der Waals surface area contributed by atoms with Gasteiger partial charge in [-0.05, 0) is 50.4 Å². The predicted molar refractivity (Wildman–Crippen MR) is 177 cm³/mol. The number of hydrogen-bond donors (Lipinski definition) is 1. The number of likely N-dealkylation sites (N-methyl/N-ethyl adjacent to an activating group) is 1. The van der Waals surface area contributed by atoms with Crippen molar-refractivity contribution in [2.24, 2.45) is 11.8 Å². The fourth-order valence-corrected chi connectivity index (χ4v) is 7.72. The van der Waals surface area contributed by atoms with Crippen LogP contribution in [0.1, 0.15) is 82.6 Å². The Labute approximate surface area is 266 Å². The second kappa shape index (κ2) is 16.8. The Morgan fingerprint density at radius 1 is 1.12 bits per heavy atom. The third-order valence-electron chi connectivity index (χ3n) is 9.00. The summed E-state index contributed by atoms with van der Waals surface area (Å²) in [5.74, 6) is 0.144. The highest BCUT2D eigenvalue weighted by atomic mass is 35.5. The Hall–Kier alpha value is -2.13. The van der Waals surface area contributed by atoms with Crippen molar-refractivity contribution in [3.63, 3.8) is 0 Å². The number of fused-ring (bicyclic) bond motifs is 1. The van der Waals surface area contributed by atoms with Gasteiger partial charge in [-0.25, -0.2) is 4.98 Å². The smallest absolute Gasteiger partial charge is 0.224 e. The summed E-state index contributed by atoms with van der Waals surface area (Å²) in [6, 6.07) is 5.50. The van der Waals surface area contributed by atoms with Crippen LogP contribution in [0.5, 0.6) is 0 Å². The molecule has 1 saturated carbocycles. The first-order valence-corrected chi connectivity index (χ1v) is 17.4. The Morgan fingerprint density at radius 3 is 2.58 bits per heavy atom. The summed E-state index contributed by atoms with van der Waals surface area (Å²) in [7, 11) is 2.12. The molecule has 4 rings (SSSR count). The van der Waals surface area contributed by atoms with Crippen molar-refractivity contribution in [2.45, 2.75) is 90.0 Å². The molecule has 0 spiro atoms. The SMILES string of the molecule is C=C(CN1CCN(C)CC1)C(=O)CC[C@H](CC1CCCCC1)NC(=O)[C@@H](CC(=O)CCC)Cc1nc2ccc(Cl)cc2s1. The van der Waals surface area contributed by atoms with Crippen LogP contribution in [0.25, 0.3) is 10.2 Å². The van der Waals surface area contributed by atoms with Gasteiger partial charge in [0, 0.05) is 75.0 Å². The molecule has 1 N–H and O–H groups in total. The van der Waals surface area contributed by atoms with E-state index in [1.165, 1.54) is 43.4 Å². The number of carbonyl (C=O) groups excluding carboxylic acids is 3. The molecular formula is C34H49ClN4O3S. The lowest BCUT2D eigenvalue weighted by Gasteiger charge is -2.32. The van der Waals surface area contributed by atoms with Crippen LogP contribution in [0, 0.1) is 11.8 Å². The number of nitrogens with one attached hydrogen (secondary N) is 1. The number of thiazole rings is 1. The number of aromatic nitrogens is 1. The minimum atomic E-state index is -0.494. The van der Waals surface area contributed by atoms with E-state index in [2.05, 4.69) is 28.7 Å². The molecule has 9 heteroatoms. The summed E-state index contributed by atoms with van der Waals surface area (Å²) in [6.45, 7) is 10.6. The normalized spacial score (nSPS) is 18.4. The van der Waals surface area contributed by atoms with Crippen molar-refractivity contribution in [1.82, 2.24) is 20.1 Å². The Kier molecular flexibility index (Phi) is 13.2. The van der Waals surface area contributed by atoms with E-state index in [1.807, 2.05) is 25.1 Å². The zero-order valence-corrected chi connectivity index (χ0v) is 27.6. The maximum absolute atomic E-state index is 13.9. The Balaban J connectivity index is 1.42. The molecule has 236 valence electrons.